The summed E-state index contributed by atoms with van der Waals surface area (Å²) in [7, 11) is -15.8. The summed E-state index contributed by atoms with van der Waals surface area (Å²) in [5.74, 6) is -1.22. The van der Waals surface area contributed by atoms with E-state index < -0.39 is 54.8 Å². The molecular formula is C11H16N4O8S3. The fraction of sp³-hybridized carbons (Fsp3) is 0.273. The van der Waals surface area contributed by atoms with Crippen LogP contribution in [-0.2, 0) is 34.7 Å². The number of nitrogens with one attached hydrogen (secondary N) is 1. The number of amides is 3. The molecule has 146 valence electrons. The number of sulfone groups is 1. The van der Waals surface area contributed by atoms with Gasteiger partial charge in [-0.2, -0.15) is 8.42 Å². The monoisotopic (exact) mass is 428 g/mol. The molecule has 12 nitrogen and oxygen atoms in total. The minimum atomic E-state index is -5.79. The Morgan fingerprint density at radius 1 is 1.04 bits per heavy atom. The lowest BCUT2D eigenvalue weighted by Crippen LogP contribution is -2.70. The standard InChI is InChI=1S/C11H16N4O8S3/c1-8(16)14-11(13,24(2,18)19)26(22,23)15(10(12)17)25(20,21)9-6-4-3-5-7-9/h3-7H,13H2,1-2H3,(H2,12,17)(H,14,16). The predicted octanol–water partition coefficient (Wildman–Crippen LogP) is -2.16. The van der Waals surface area contributed by atoms with Gasteiger partial charge >= 0.3 is 20.4 Å². The minimum Gasteiger partial charge on any atom is -0.350 e. The van der Waals surface area contributed by atoms with Gasteiger partial charge in [0.25, 0.3) is 10.0 Å². The zero-order valence-electron chi connectivity index (χ0n) is 13.5. The molecule has 1 aromatic rings. The second-order valence-corrected chi connectivity index (χ2v) is 11.4. The fourth-order valence-corrected chi connectivity index (χ4v) is 7.33. The van der Waals surface area contributed by atoms with E-state index in [1.807, 2.05) is 0 Å². The van der Waals surface area contributed by atoms with E-state index in [0.717, 1.165) is 19.1 Å². The van der Waals surface area contributed by atoms with Crippen molar-refractivity contribution in [3.8, 4) is 0 Å². The molecule has 0 spiro atoms. The first-order valence-electron chi connectivity index (χ1n) is 6.51. The second-order valence-electron chi connectivity index (χ2n) is 4.98. The summed E-state index contributed by atoms with van der Waals surface area (Å²) in [6, 6.07) is 3.69. The highest BCUT2D eigenvalue weighted by Crippen LogP contribution is 2.26. The van der Waals surface area contributed by atoms with Crippen LogP contribution in [0.4, 0.5) is 4.79 Å². The van der Waals surface area contributed by atoms with E-state index in [2.05, 4.69) is 0 Å². The molecule has 1 rings (SSSR count). The van der Waals surface area contributed by atoms with Gasteiger partial charge in [-0.05, 0) is 12.1 Å². The SMILES string of the molecule is CC(=O)NC(N)(S(C)(=O)=O)S(=O)(=O)N(C(N)=O)S(=O)(=O)c1ccccc1. The number of rotatable bonds is 6. The van der Waals surface area contributed by atoms with Crippen LogP contribution in [0.25, 0.3) is 0 Å². The first kappa shape index (κ1) is 21.8. The summed E-state index contributed by atoms with van der Waals surface area (Å²) in [5, 5.41) is 1.44. The normalized spacial score (nSPS) is 14.9. The van der Waals surface area contributed by atoms with Gasteiger partial charge in [0, 0.05) is 13.2 Å². The van der Waals surface area contributed by atoms with Crippen LogP contribution in [0, 0.1) is 0 Å². The van der Waals surface area contributed by atoms with Gasteiger partial charge in [0.05, 0.1) is 4.90 Å². The molecular weight excluding hydrogens is 412 g/mol. The highest BCUT2D eigenvalue weighted by Gasteiger charge is 2.58. The van der Waals surface area contributed by atoms with Gasteiger partial charge in [-0.3, -0.25) is 10.5 Å². The lowest BCUT2D eigenvalue weighted by molar-refractivity contribution is -0.119. The maximum atomic E-state index is 12.7. The third-order valence-electron chi connectivity index (χ3n) is 2.94. The van der Waals surface area contributed by atoms with Crippen molar-refractivity contribution in [2.24, 2.45) is 11.5 Å². The Morgan fingerprint density at radius 2 is 1.50 bits per heavy atom. The van der Waals surface area contributed by atoms with Crippen LogP contribution in [-0.4, -0.2) is 51.5 Å². The average molecular weight is 428 g/mol. The smallest absolute Gasteiger partial charge is 0.343 e. The molecule has 0 saturated carbocycles. The van der Waals surface area contributed by atoms with E-state index in [1.54, 1.807) is 0 Å². The van der Waals surface area contributed by atoms with Crippen molar-refractivity contribution in [1.29, 1.82) is 0 Å². The van der Waals surface area contributed by atoms with Gasteiger partial charge in [-0.1, -0.05) is 18.2 Å². The van der Waals surface area contributed by atoms with Crippen LogP contribution in [0.1, 0.15) is 6.92 Å². The van der Waals surface area contributed by atoms with E-state index >= 15 is 0 Å². The van der Waals surface area contributed by atoms with E-state index in [9.17, 15) is 34.8 Å². The fourth-order valence-electron chi connectivity index (χ4n) is 1.77. The van der Waals surface area contributed by atoms with Gasteiger partial charge in [-0.25, -0.2) is 21.6 Å². The molecule has 0 heterocycles. The van der Waals surface area contributed by atoms with Crippen molar-refractivity contribution < 1.29 is 34.8 Å². The quantitative estimate of drug-likeness (QED) is 0.421. The number of carbonyl (C=O) groups is 2. The lowest BCUT2D eigenvalue weighted by atomic mass is 10.4. The largest absolute Gasteiger partial charge is 0.350 e. The summed E-state index contributed by atoms with van der Waals surface area (Å²) in [6.45, 7) is 0.739. The highest BCUT2D eigenvalue weighted by atomic mass is 32.3. The van der Waals surface area contributed by atoms with E-state index in [4.69, 9.17) is 11.5 Å². The number of hydrogen-bond acceptors (Lipinski definition) is 9. The van der Waals surface area contributed by atoms with Gasteiger partial charge in [0.2, 0.25) is 15.7 Å². The Balaban J connectivity index is 3.83. The van der Waals surface area contributed by atoms with Crippen LogP contribution in [0.3, 0.4) is 0 Å². The first-order valence-corrected chi connectivity index (χ1v) is 11.3. The average Bonchev–Trinajstić information content (AvgIpc) is 2.44. The van der Waals surface area contributed by atoms with Crippen molar-refractivity contribution in [2.45, 2.75) is 16.1 Å². The maximum absolute atomic E-state index is 12.7. The zero-order valence-corrected chi connectivity index (χ0v) is 15.9. The third kappa shape index (κ3) is 3.64. The van der Waals surface area contributed by atoms with E-state index in [-0.39, 0.29) is 0 Å². The number of carbonyl (C=O) groups excluding carboxylic acids is 2. The topological polar surface area (TPSA) is 204 Å². The molecule has 15 heteroatoms. The van der Waals surface area contributed by atoms with Crippen molar-refractivity contribution >= 4 is 41.8 Å². The summed E-state index contributed by atoms with van der Waals surface area (Å²) in [4.78, 5) is 22.2. The number of benzene rings is 1. The summed E-state index contributed by atoms with van der Waals surface area (Å²) in [6.07, 6.45) is 0.328. The molecule has 0 aliphatic rings. The number of urea groups is 1. The maximum Gasteiger partial charge on any atom is 0.343 e. The van der Waals surface area contributed by atoms with Crippen LogP contribution in [0.2, 0.25) is 0 Å². The molecule has 0 aliphatic carbocycles. The molecule has 26 heavy (non-hydrogen) atoms. The Morgan fingerprint density at radius 3 is 1.85 bits per heavy atom. The van der Waals surface area contributed by atoms with Crippen molar-refractivity contribution in [1.82, 2.24) is 9.03 Å². The lowest BCUT2D eigenvalue weighted by Gasteiger charge is -2.32. The summed E-state index contributed by atoms with van der Waals surface area (Å²) in [5.41, 5.74) is 10.2. The molecule has 0 fully saturated rings. The van der Waals surface area contributed by atoms with Crippen molar-refractivity contribution in [3.63, 3.8) is 0 Å². The zero-order chi connectivity index (χ0) is 20.6. The van der Waals surface area contributed by atoms with Crippen LogP contribution >= 0.6 is 0 Å². The van der Waals surface area contributed by atoms with Gasteiger partial charge < -0.3 is 11.1 Å². The number of sulfonamides is 2. The number of primary amides is 1. The van der Waals surface area contributed by atoms with Crippen LogP contribution in [0.5, 0.6) is 0 Å². The molecule has 0 aromatic heterocycles. The van der Waals surface area contributed by atoms with Crippen LogP contribution in [0.15, 0.2) is 35.2 Å². The first-order chi connectivity index (χ1) is 11.6. The number of hydrogen-bond donors (Lipinski definition) is 3. The summed E-state index contributed by atoms with van der Waals surface area (Å²) < 4.78 is 69.9. The van der Waals surface area contributed by atoms with E-state index in [1.165, 1.54) is 23.5 Å². The molecule has 1 unspecified atom stereocenters. The highest BCUT2D eigenvalue weighted by molar-refractivity contribution is 8.14. The molecule has 1 atom stereocenters. The Labute approximate surface area is 150 Å². The van der Waals surface area contributed by atoms with Crippen molar-refractivity contribution in [3.05, 3.63) is 30.3 Å². The Hall–Kier alpha value is -2.23. The molecule has 1 aromatic carbocycles. The van der Waals surface area contributed by atoms with E-state index in [0.29, 0.717) is 6.26 Å². The predicted molar refractivity (Wildman–Crippen MR) is 89.5 cm³/mol. The van der Waals surface area contributed by atoms with Gasteiger partial charge in [0.1, 0.15) is 0 Å². The van der Waals surface area contributed by atoms with Gasteiger partial charge in [0.15, 0.2) is 0 Å². The van der Waals surface area contributed by atoms with Crippen LogP contribution < -0.4 is 16.8 Å². The molecule has 0 radical (unpaired) electrons. The molecule has 3 amide bonds. The number of nitrogens with two attached hydrogens (primary N) is 2. The molecule has 0 bridgehead atoms. The third-order valence-corrected chi connectivity index (χ3v) is 9.83. The molecule has 5 N–H and O–H groups in total. The van der Waals surface area contributed by atoms with Gasteiger partial charge in [-0.15, -0.1) is 3.71 Å². The Kier molecular flexibility index (Phi) is 5.72. The minimum absolute atomic E-state index is 0.328. The Bertz CT molecular complexity index is 1030. The number of nitrogens with zero attached hydrogens (tertiary/aromatic N) is 1. The molecule has 0 saturated heterocycles. The summed E-state index contributed by atoms with van der Waals surface area (Å²) >= 11 is 0. The van der Waals surface area contributed by atoms with Crippen molar-refractivity contribution in [2.75, 3.05) is 6.26 Å². The second kappa shape index (κ2) is 6.82. The molecule has 0 aliphatic heterocycles.